The Bertz CT molecular complexity index is 1240. The van der Waals surface area contributed by atoms with Crippen molar-refractivity contribution >= 4 is 46.2 Å². The maximum atomic E-state index is 13.8. The van der Waals surface area contributed by atoms with Crippen molar-refractivity contribution < 1.29 is 4.39 Å². The molecule has 1 aliphatic heterocycles. The van der Waals surface area contributed by atoms with Crippen molar-refractivity contribution in [3.8, 4) is 11.3 Å². The van der Waals surface area contributed by atoms with Crippen molar-refractivity contribution in [3.05, 3.63) is 64.9 Å². The highest BCUT2D eigenvalue weighted by molar-refractivity contribution is 7.99. The van der Waals surface area contributed by atoms with Crippen molar-refractivity contribution in [1.29, 1.82) is 0 Å². The molecule has 1 fully saturated rings. The third-order valence-electron chi connectivity index (χ3n) is 5.29. The van der Waals surface area contributed by atoms with Crippen LogP contribution in [0.15, 0.2) is 48.5 Å². The molecule has 0 aliphatic carbocycles. The number of anilines is 2. The van der Waals surface area contributed by atoms with E-state index in [4.69, 9.17) is 32.4 Å². The van der Waals surface area contributed by atoms with E-state index >= 15 is 0 Å². The number of thioether (sulfide) groups is 1. The van der Waals surface area contributed by atoms with Crippen molar-refractivity contribution in [3.63, 3.8) is 0 Å². The standard InChI is InChI=1S/C22H20ClFN6S/c23-16-12-15(6-7-17(16)24)19-18-20(25)30(13-14-4-2-1-3-5-14)28-21(18)27-22(26-19)29-8-10-31-11-9-29/h1-7,12H,8-11,13,25H2. The fourth-order valence-electron chi connectivity index (χ4n) is 3.68. The lowest BCUT2D eigenvalue weighted by atomic mass is 10.1. The SMILES string of the molecule is Nc1c2c(-c3ccc(F)c(Cl)c3)nc(N3CCSCC3)nc2nn1Cc1ccccc1. The van der Waals surface area contributed by atoms with Crippen molar-refractivity contribution in [2.24, 2.45) is 0 Å². The van der Waals surface area contributed by atoms with Crippen LogP contribution in [0.2, 0.25) is 5.02 Å². The van der Waals surface area contributed by atoms with Crippen LogP contribution in [0.25, 0.3) is 22.3 Å². The summed E-state index contributed by atoms with van der Waals surface area (Å²) < 4.78 is 15.5. The van der Waals surface area contributed by atoms with Crippen LogP contribution in [0.4, 0.5) is 16.2 Å². The molecule has 3 heterocycles. The minimum Gasteiger partial charge on any atom is -0.383 e. The van der Waals surface area contributed by atoms with Gasteiger partial charge in [0.2, 0.25) is 5.95 Å². The van der Waals surface area contributed by atoms with E-state index in [1.165, 1.54) is 6.07 Å². The van der Waals surface area contributed by atoms with Crippen LogP contribution in [0, 0.1) is 5.82 Å². The summed E-state index contributed by atoms with van der Waals surface area (Å²) in [6, 6.07) is 14.5. The summed E-state index contributed by atoms with van der Waals surface area (Å²) in [5, 5.41) is 5.38. The molecule has 9 heteroatoms. The van der Waals surface area contributed by atoms with Gasteiger partial charge in [0.15, 0.2) is 5.65 Å². The summed E-state index contributed by atoms with van der Waals surface area (Å²) in [6.45, 7) is 2.24. The Balaban J connectivity index is 1.68. The smallest absolute Gasteiger partial charge is 0.228 e. The lowest BCUT2D eigenvalue weighted by Crippen LogP contribution is -2.33. The van der Waals surface area contributed by atoms with Gasteiger partial charge in [-0.2, -0.15) is 16.7 Å². The van der Waals surface area contributed by atoms with Gasteiger partial charge < -0.3 is 10.6 Å². The number of hydrogen-bond donors (Lipinski definition) is 1. The molecular formula is C22H20ClFN6S. The van der Waals surface area contributed by atoms with Gasteiger partial charge in [0, 0.05) is 30.2 Å². The van der Waals surface area contributed by atoms with E-state index in [9.17, 15) is 4.39 Å². The van der Waals surface area contributed by atoms with Gasteiger partial charge in [-0.15, -0.1) is 5.10 Å². The Kier molecular flexibility index (Phi) is 5.41. The van der Waals surface area contributed by atoms with Gasteiger partial charge >= 0.3 is 0 Å². The minimum absolute atomic E-state index is 0.0374. The maximum Gasteiger partial charge on any atom is 0.228 e. The van der Waals surface area contributed by atoms with Crippen LogP contribution in [0.3, 0.4) is 0 Å². The lowest BCUT2D eigenvalue weighted by Gasteiger charge is -2.26. The number of halogens is 2. The van der Waals surface area contributed by atoms with Crippen molar-refractivity contribution in [2.75, 3.05) is 35.2 Å². The number of nitrogens with two attached hydrogens (primary N) is 1. The monoisotopic (exact) mass is 454 g/mol. The second-order valence-electron chi connectivity index (χ2n) is 7.33. The number of fused-ring (bicyclic) bond motifs is 1. The molecule has 5 rings (SSSR count). The number of rotatable bonds is 4. The highest BCUT2D eigenvalue weighted by atomic mass is 35.5. The molecule has 1 aliphatic rings. The highest BCUT2D eigenvalue weighted by Crippen LogP contribution is 2.34. The molecule has 2 aromatic heterocycles. The average molecular weight is 455 g/mol. The first kappa shape index (κ1) is 20.1. The first-order valence-corrected chi connectivity index (χ1v) is 11.5. The minimum atomic E-state index is -0.475. The third-order valence-corrected chi connectivity index (χ3v) is 6.52. The van der Waals surface area contributed by atoms with E-state index in [-0.39, 0.29) is 5.02 Å². The molecule has 2 N–H and O–H groups in total. The Morgan fingerprint density at radius 3 is 2.58 bits per heavy atom. The molecule has 2 aromatic carbocycles. The molecule has 1 saturated heterocycles. The number of aromatic nitrogens is 4. The quantitative estimate of drug-likeness (QED) is 0.490. The first-order valence-electron chi connectivity index (χ1n) is 9.96. The fraction of sp³-hybridized carbons (Fsp3) is 0.227. The van der Waals surface area contributed by atoms with E-state index in [2.05, 4.69) is 4.90 Å². The van der Waals surface area contributed by atoms with Crippen LogP contribution in [0.5, 0.6) is 0 Å². The Labute approximate surface area is 188 Å². The van der Waals surface area contributed by atoms with E-state index in [0.717, 1.165) is 30.2 Å². The molecule has 158 valence electrons. The molecule has 0 unspecified atom stereocenters. The largest absolute Gasteiger partial charge is 0.383 e. The molecule has 0 saturated carbocycles. The van der Waals surface area contributed by atoms with E-state index in [1.54, 1.807) is 16.8 Å². The number of benzene rings is 2. The Morgan fingerprint density at radius 2 is 1.84 bits per heavy atom. The summed E-state index contributed by atoms with van der Waals surface area (Å²) in [6.07, 6.45) is 0. The number of hydrogen-bond acceptors (Lipinski definition) is 6. The molecule has 31 heavy (non-hydrogen) atoms. The predicted octanol–water partition coefficient (Wildman–Crippen LogP) is 4.47. The molecule has 0 bridgehead atoms. The van der Waals surface area contributed by atoms with Gasteiger partial charge in [0.25, 0.3) is 0 Å². The molecule has 0 radical (unpaired) electrons. The zero-order chi connectivity index (χ0) is 21.4. The Hall–Kier alpha value is -2.84. The van der Waals surface area contributed by atoms with Crippen LogP contribution >= 0.6 is 23.4 Å². The second-order valence-corrected chi connectivity index (χ2v) is 8.96. The molecule has 4 aromatic rings. The molecular weight excluding hydrogens is 435 g/mol. The zero-order valence-electron chi connectivity index (χ0n) is 16.6. The first-order chi connectivity index (χ1) is 15.1. The van der Waals surface area contributed by atoms with Gasteiger partial charge in [-0.05, 0) is 23.8 Å². The van der Waals surface area contributed by atoms with Crippen molar-refractivity contribution in [2.45, 2.75) is 6.54 Å². The van der Waals surface area contributed by atoms with Crippen molar-refractivity contribution in [1.82, 2.24) is 19.7 Å². The lowest BCUT2D eigenvalue weighted by molar-refractivity contribution is 0.628. The van der Waals surface area contributed by atoms with Gasteiger partial charge in [-0.1, -0.05) is 41.9 Å². The second kappa shape index (κ2) is 8.36. The van der Waals surface area contributed by atoms with Crippen LogP contribution in [-0.2, 0) is 6.54 Å². The summed E-state index contributed by atoms with van der Waals surface area (Å²) in [5.74, 6) is 2.63. The van der Waals surface area contributed by atoms with E-state index in [0.29, 0.717) is 40.6 Å². The summed E-state index contributed by atoms with van der Waals surface area (Å²) in [4.78, 5) is 11.7. The summed E-state index contributed by atoms with van der Waals surface area (Å²) in [7, 11) is 0. The average Bonchev–Trinajstić information content (AvgIpc) is 3.11. The fourth-order valence-corrected chi connectivity index (χ4v) is 4.76. The molecule has 6 nitrogen and oxygen atoms in total. The van der Waals surface area contributed by atoms with E-state index < -0.39 is 5.82 Å². The van der Waals surface area contributed by atoms with E-state index in [1.807, 2.05) is 42.1 Å². The summed E-state index contributed by atoms with van der Waals surface area (Å²) >= 11 is 7.98. The van der Waals surface area contributed by atoms with Gasteiger partial charge in [-0.3, -0.25) is 0 Å². The normalized spacial score (nSPS) is 14.3. The van der Waals surface area contributed by atoms with Gasteiger partial charge in [0.1, 0.15) is 11.6 Å². The predicted molar refractivity (Wildman–Crippen MR) is 125 cm³/mol. The van der Waals surface area contributed by atoms with Gasteiger partial charge in [-0.25, -0.2) is 14.1 Å². The molecule has 0 spiro atoms. The zero-order valence-corrected chi connectivity index (χ0v) is 18.2. The van der Waals surface area contributed by atoms with Crippen LogP contribution in [0.1, 0.15) is 5.56 Å². The number of nitrogens with zero attached hydrogens (tertiary/aromatic N) is 5. The van der Waals surface area contributed by atoms with Gasteiger partial charge in [0.05, 0.1) is 22.6 Å². The van der Waals surface area contributed by atoms with Crippen LogP contribution in [-0.4, -0.2) is 44.3 Å². The highest BCUT2D eigenvalue weighted by Gasteiger charge is 2.22. The van der Waals surface area contributed by atoms with Crippen LogP contribution < -0.4 is 10.6 Å². The third kappa shape index (κ3) is 3.93. The summed E-state index contributed by atoms with van der Waals surface area (Å²) in [5.41, 5.74) is 9.40. The number of nitrogen functional groups attached to an aromatic ring is 1. The molecule has 0 atom stereocenters. The molecule has 0 amide bonds. The topological polar surface area (TPSA) is 72.9 Å². The Morgan fingerprint density at radius 1 is 1.06 bits per heavy atom. The maximum absolute atomic E-state index is 13.8.